The molecule has 2 aromatic rings. The molecular weight excluding hydrogens is 330 g/mol. The summed E-state index contributed by atoms with van der Waals surface area (Å²) in [5.74, 6) is 0.553. The van der Waals surface area contributed by atoms with Crippen molar-refractivity contribution in [3.8, 4) is 17.5 Å². The maximum atomic E-state index is 10.8. The molecule has 0 amide bonds. The molecule has 2 rings (SSSR count). The van der Waals surface area contributed by atoms with E-state index in [-0.39, 0.29) is 17.4 Å². The second-order valence-electron chi connectivity index (χ2n) is 3.70. The summed E-state index contributed by atoms with van der Waals surface area (Å²) in [6.07, 6.45) is 3.20. The minimum atomic E-state index is -0.513. The third-order valence-electron chi connectivity index (χ3n) is 2.40. The predicted molar refractivity (Wildman–Crippen MR) is 74.4 cm³/mol. The van der Waals surface area contributed by atoms with Crippen molar-refractivity contribution in [3.05, 3.63) is 46.3 Å². The zero-order chi connectivity index (χ0) is 14.5. The van der Waals surface area contributed by atoms with Gasteiger partial charge in [-0.3, -0.25) is 10.1 Å². The number of benzene rings is 1. The van der Waals surface area contributed by atoms with Gasteiger partial charge in [0, 0.05) is 23.8 Å². The van der Waals surface area contributed by atoms with Crippen molar-refractivity contribution in [2.24, 2.45) is 0 Å². The molecule has 0 bridgehead atoms. The van der Waals surface area contributed by atoms with Crippen LogP contribution in [0.5, 0.6) is 17.5 Å². The van der Waals surface area contributed by atoms with Crippen molar-refractivity contribution < 1.29 is 14.4 Å². The SMILES string of the molecule is COc1ccc([N+](=O)[O-])cc1Oc1ncc(CBr)cn1. The lowest BCUT2D eigenvalue weighted by Gasteiger charge is -2.08. The lowest BCUT2D eigenvalue weighted by atomic mass is 10.3. The Kier molecular flexibility index (Phi) is 4.46. The number of rotatable bonds is 5. The standard InChI is InChI=1S/C12H10BrN3O4/c1-19-10-3-2-9(16(17)18)4-11(10)20-12-14-6-8(5-13)7-15-12/h2-4,6-7H,5H2,1H3. The fourth-order valence-corrected chi connectivity index (χ4v) is 1.71. The average molecular weight is 340 g/mol. The van der Waals surface area contributed by atoms with E-state index in [2.05, 4.69) is 25.9 Å². The monoisotopic (exact) mass is 339 g/mol. The van der Waals surface area contributed by atoms with E-state index in [0.717, 1.165) is 5.56 Å². The number of non-ortho nitro benzene ring substituents is 1. The molecule has 7 nitrogen and oxygen atoms in total. The van der Waals surface area contributed by atoms with Crippen LogP contribution >= 0.6 is 15.9 Å². The maximum Gasteiger partial charge on any atom is 0.322 e. The number of nitro groups is 1. The molecule has 0 saturated heterocycles. The summed E-state index contributed by atoms with van der Waals surface area (Å²) in [5.41, 5.74) is 0.793. The third-order valence-corrected chi connectivity index (χ3v) is 3.04. The number of hydrogen-bond acceptors (Lipinski definition) is 6. The van der Waals surface area contributed by atoms with E-state index in [1.54, 1.807) is 12.4 Å². The first kappa shape index (κ1) is 14.2. The van der Waals surface area contributed by atoms with Crippen molar-refractivity contribution in [2.45, 2.75) is 5.33 Å². The molecule has 0 unspecified atom stereocenters. The molecule has 0 aliphatic carbocycles. The largest absolute Gasteiger partial charge is 0.493 e. The van der Waals surface area contributed by atoms with Gasteiger partial charge in [-0.15, -0.1) is 0 Å². The molecular formula is C12H10BrN3O4. The number of nitrogens with zero attached hydrogens (tertiary/aromatic N) is 3. The van der Waals surface area contributed by atoms with Gasteiger partial charge in [0.05, 0.1) is 18.1 Å². The van der Waals surface area contributed by atoms with Gasteiger partial charge in [-0.05, 0) is 11.6 Å². The third kappa shape index (κ3) is 3.21. The highest BCUT2D eigenvalue weighted by molar-refractivity contribution is 9.08. The van der Waals surface area contributed by atoms with E-state index in [1.807, 2.05) is 0 Å². The first-order valence-corrected chi connectivity index (χ1v) is 6.63. The number of nitro benzene ring substituents is 1. The van der Waals surface area contributed by atoms with E-state index in [9.17, 15) is 10.1 Å². The van der Waals surface area contributed by atoms with Gasteiger partial charge in [0.25, 0.3) is 5.69 Å². The predicted octanol–water partition coefficient (Wildman–Crippen LogP) is 3.08. The summed E-state index contributed by atoms with van der Waals surface area (Å²) >= 11 is 3.28. The molecule has 1 aromatic carbocycles. The van der Waals surface area contributed by atoms with Crippen LogP contribution in [0.1, 0.15) is 5.56 Å². The van der Waals surface area contributed by atoms with Crippen molar-refractivity contribution in [2.75, 3.05) is 7.11 Å². The van der Waals surface area contributed by atoms with Crippen LogP contribution in [-0.4, -0.2) is 22.0 Å². The van der Waals surface area contributed by atoms with E-state index < -0.39 is 4.92 Å². The van der Waals surface area contributed by atoms with Gasteiger partial charge in [-0.25, -0.2) is 9.97 Å². The lowest BCUT2D eigenvalue weighted by molar-refractivity contribution is -0.384. The first-order valence-electron chi connectivity index (χ1n) is 5.51. The molecule has 0 spiro atoms. The molecule has 0 atom stereocenters. The normalized spacial score (nSPS) is 10.1. The molecule has 104 valence electrons. The minimum absolute atomic E-state index is 0.0912. The van der Waals surface area contributed by atoms with Crippen molar-refractivity contribution in [3.63, 3.8) is 0 Å². The zero-order valence-electron chi connectivity index (χ0n) is 10.4. The van der Waals surface area contributed by atoms with Gasteiger partial charge in [-0.2, -0.15) is 0 Å². The molecule has 0 fully saturated rings. The molecule has 0 saturated carbocycles. The smallest absolute Gasteiger partial charge is 0.322 e. The van der Waals surface area contributed by atoms with E-state index in [0.29, 0.717) is 11.1 Å². The molecule has 20 heavy (non-hydrogen) atoms. The number of alkyl halides is 1. The highest BCUT2D eigenvalue weighted by Crippen LogP contribution is 2.33. The Bertz CT molecular complexity index is 619. The zero-order valence-corrected chi connectivity index (χ0v) is 12.0. The molecule has 0 aliphatic heterocycles. The molecule has 1 heterocycles. The minimum Gasteiger partial charge on any atom is -0.493 e. The van der Waals surface area contributed by atoms with Gasteiger partial charge >= 0.3 is 6.01 Å². The highest BCUT2D eigenvalue weighted by atomic mass is 79.9. The summed E-state index contributed by atoms with van der Waals surface area (Å²) in [6, 6.07) is 4.15. The Balaban J connectivity index is 2.30. The first-order chi connectivity index (χ1) is 9.63. The number of aromatic nitrogens is 2. The number of hydrogen-bond donors (Lipinski definition) is 0. The van der Waals surface area contributed by atoms with Crippen LogP contribution < -0.4 is 9.47 Å². The summed E-state index contributed by atoms with van der Waals surface area (Å²) in [5, 5.41) is 11.4. The van der Waals surface area contributed by atoms with E-state index in [1.165, 1.54) is 25.3 Å². The van der Waals surface area contributed by atoms with Crippen molar-refractivity contribution in [1.82, 2.24) is 9.97 Å². The Hall–Kier alpha value is -2.22. The van der Waals surface area contributed by atoms with Crippen molar-refractivity contribution >= 4 is 21.6 Å². The van der Waals surface area contributed by atoms with Crippen LogP contribution in [0, 0.1) is 10.1 Å². The maximum absolute atomic E-state index is 10.8. The van der Waals surface area contributed by atoms with E-state index >= 15 is 0 Å². The highest BCUT2D eigenvalue weighted by Gasteiger charge is 2.14. The summed E-state index contributed by atoms with van der Waals surface area (Å²) in [7, 11) is 1.45. The fraction of sp³-hybridized carbons (Fsp3) is 0.167. The lowest BCUT2D eigenvalue weighted by Crippen LogP contribution is -1.96. The molecule has 0 radical (unpaired) electrons. The summed E-state index contributed by atoms with van der Waals surface area (Å²) in [4.78, 5) is 18.3. The Morgan fingerprint density at radius 1 is 1.30 bits per heavy atom. The molecule has 8 heteroatoms. The molecule has 0 aliphatic rings. The van der Waals surface area contributed by atoms with Gasteiger partial charge in [0.15, 0.2) is 11.5 Å². The van der Waals surface area contributed by atoms with Gasteiger partial charge in [0.1, 0.15) is 0 Å². The Morgan fingerprint density at radius 3 is 2.55 bits per heavy atom. The second-order valence-corrected chi connectivity index (χ2v) is 4.26. The average Bonchev–Trinajstić information content (AvgIpc) is 2.48. The molecule has 1 aromatic heterocycles. The van der Waals surface area contributed by atoms with Crippen LogP contribution in [0.2, 0.25) is 0 Å². The molecule has 0 N–H and O–H groups in total. The Morgan fingerprint density at radius 2 is 2.00 bits per heavy atom. The quantitative estimate of drug-likeness (QED) is 0.472. The number of methoxy groups -OCH3 is 1. The van der Waals surface area contributed by atoms with Crippen LogP contribution in [0.3, 0.4) is 0 Å². The second kappa shape index (κ2) is 6.29. The van der Waals surface area contributed by atoms with Crippen LogP contribution in [-0.2, 0) is 5.33 Å². The van der Waals surface area contributed by atoms with E-state index in [4.69, 9.17) is 9.47 Å². The summed E-state index contributed by atoms with van der Waals surface area (Å²) < 4.78 is 10.5. The van der Waals surface area contributed by atoms with Crippen molar-refractivity contribution in [1.29, 1.82) is 0 Å². The number of ether oxygens (including phenoxy) is 2. The van der Waals surface area contributed by atoms with Crippen LogP contribution in [0.15, 0.2) is 30.6 Å². The summed E-state index contributed by atoms with van der Waals surface area (Å²) in [6.45, 7) is 0. The number of halogens is 1. The topological polar surface area (TPSA) is 87.4 Å². The van der Waals surface area contributed by atoms with Gasteiger partial charge in [-0.1, -0.05) is 15.9 Å². The van der Waals surface area contributed by atoms with Crippen LogP contribution in [0.4, 0.5) is 5.69 Å². The fourth-order valence-electron chi connectivity index (χ4n) is 1.42. The Labute approximate surface area is 122 Å². The van der Waals surface area contributed by atoms with Gasteiger partial charge < -0.3 is 9.47 Å². The van der Waals surface area contributed by atoms with Gasteiger partial charge in [0.2, 0.25) is 0 Å². The van der Waals surface area contributed by atoms with Crippen LogP contribution in [0.25, 0.3) is 0 Å².